The number of hydrogen-bond acceptors (Lipinski definition) is 2. The highest BCUT2D eigenvalue weighted by Gasteiger charge is 2.09. The van der Waals surface area contributed by atoms with Gasteiger partial charge in [-0.3, -0.25) is 4.68 Å². The third-order valence-corrected chi connectivity index (χ3v) is 3.63. The van der Waals surface area contributed by atoms with Crippen LogP contribution in [0.5, 0.6) is 0 Å². The van der Waals surface area contributed by atoms with Gasteiger partial charge in [0, 0.05) is 24.3 Å². The van der Waals surface area contributed by atoms with E-state index in [1.165, 1.54) is 22.4 Å². The topological polar surface area (TPSA) is 29.9 Å². The average Bonchev–Trinajstić information content (AvgIpc) is 2.76. The van der Waals surface area contributed by atoms with Crippen molar-refractivity contribution in [2.24, 2.45) is 7.05 Å². The molecule has 0 bridgehead atoms. The molecule has 0 aliphatic carbocycles. The Morgan fingerprint density at radius 2 is 2.16 bits per heavy atom. The van der Waals surface area contributed by atoms with Gasteiger partial charge in [0.2, 0.25) is 0 Å². The molecule has 1 aromatic heterocycles. The molecule has 1 heterocycles. The smallest absolute Gasteiger partial charge is 0.0571 e. The fourth-order valence-electron chi connectivity index (χ4n) is 2.24. The Bertz CT molecular complexity index is 543. The molecule has 2 rings (SSSR count). The highest BCUT2D eigenvalue weighted by molar-refractivity contribution is 5.66. The molecule has 0 saturated carbocycles. The zero-order chi connectivity index (χ0) is 13.8. The van der Waals surface area contributed by atoms with Crippen LogP contribution in [-0.2, 0) is 7.05 Å². The number of aryl methyl sites for hydroxylation is 1. The van der Waals surface area contributed by atoms with E-state index in [2.05, 4.69) is 55.5 Å². The van der Waals surface area contributed by atoms with Gasteiger partial charge in [-0.15, -0.1) is 0 Å². The second-order valence-electron chi connectivity index (χ2n) is 5.07. The third kappa shape index (κ3) is 3.04. The molecule has 0 saturated heterocycles. The first-order valence-corrected chi connectivity index (χ1v) is 6.95. The molecule has 19 heavy (non-hydrogen) atoms. The van der Waals surface area contributed by atoms with Crippen molar-refractivity contribution in [1.29, 1.82) is 0 Å². The van der Waals surface area contributed by atoms with Gasteiger partial charge in [0.05, 0.1) is 6.20 Å². The maximum absolute atomic E-state index is 4.32. The largest absolute Gasteiger partial charge is 0.310 e. The molecule has 1 atom stereocenters. The monoisotopic (exact) mass is 257 g/mol. The molecule has 0 aliphatic rings. The van der Waals surface area contributed by atoms with E-state index >= 15 is 0 Å². The average molecular weight is 257 g/mol. The highest BCUT2D eigenvalue weighted by atomic mass is 15.3. The van der Waals surface area contributed by atoms with Crippen molar-refractivity contribution in [3.8, 4) is 11.1 Å². The second kappa shape index (κ2) is 6.02. The first-order valence-electron chi connectivity index (χ1n) is 6.95. The molecular weight excluding hydrogens is 234 g/mol. The van der Waals surface area contributed by atoms with Crippen LogP contribution < -0.4 is 5.32 Å². The molecular formula is C16H23N3. The van der Waals surface area contributed by atoms with E-state index in [0.29, 0.717) is 6.04 Å². The number of benzene rings is 1. The summed E-state index contributed by atoms with van der Waals surface area (Å²) in [5.74, 6) is 0. The Morgan fingerprint density at radius 3 is 2.79 bits per heavy atom. The van der Waals surface area contributed by atoms with E-state index < -0.39 is 0 Å². The van der Waals surface area contributed by atoms with Crippen molar-refractivity contribution < 1.29 is 0 Å². The second-order valence-corrected chi connectivity index (χ2v) is 5.07. The first-order chi connectivity index (χ1) is 9.13. The summed E-state index contributed by atoms with van der Waals surface area (Å²) in [6.07, 6.45) is 3.10. The van der Waals surface area contributed by atoms with Crippen molar-refractivity contribution in [2.75, 3.05) is 6.54 Å². The Kier molecular flexibility index (Phi) is 4.38. The van der Waals surface area contributed by atoms with Crippen molar-refractivity contribution in [3.63, 3.8) is 0 Å². The quantitative estimate of drug-likeness (QED) is 0.889. The summed E-state index contributed by atoms with van der Waals surface area (Å²) >= 11 is 0. The van der Waals surface area contributed by atoms with E-state index in [4.69, 9.17) is 0 Å². The lowest BCUT2D eigenvalue weighted by atomic mass is 10.0. The lowest BCUT2D eigenvalue weighted by Gasteiger charge is -2.14. The molecule has 0 aliphatic heterocycles. The molecule has 0 radical (unpaired) electrons. The fraction of sp³-hybridized carbons (Fsp3) is 0.438. The van der Waals surface area contributed by atoms with E-state index in [0.717, 1.165) is 13.0 Å². The van der Waals surface area contributed by atoms with Gasteiger partial charge in [-0.2, -0.15) is 5.10 Å². The fourth-order valence-corrected chi connectivity index (χ4v) is 2.24. The van der Waals surface area contributed by atoms with Crippen LogP contribution in [0.4, 0.5) is 0 Å². The summed E-state index contributed by atoms with van der Waals surface area (Å²) < 4.78 is 1.92. The number of rotatable bonds is 5. The van der Waals surface area contributed by atoms with Crippen molar-refractivity contribution >= 4 is 0 Å². The maximum Gasteiger partial charge on any atom is 0.0571 e. The van der Waals surface area contributed by atoms with Crippen LogP contribution in [0.3, 0.4) is 0 Å². The summed E-state index contributed by atoms with van der Waals surface area (Å²) in [6, 6.07) is 9.11. The standard InChI is InChI=1S/C16H23N3/c1-5-9-17-12(2)14-7-6-8-15(10-14)16-11-18-19(4)13(16)3/h6-8,10-12,17H,5,9H2,1-4H3. The molecule has 0 spiro atoms. The van der Waals surface area contributed by atoms with Gasteiger partial charge < -0.3 is 5.32 Å². The van der Waals surface area contributed by atoms with Crippen molar-refractivity contribution in [1.82, 2.24) is 15.1 Å². The van der Waals surface area contributed by atoms with Gasteiger partial charge in [-0.25, -0.2) is 0 Å². The van der Waals surface area contributed by atoms with Crippen molar-refractivity contribution in [2.45, 2.75) is 33.2 Å². The highest BCUT2D eigenvalue weighted by Crippen LogP contribution is 2.25. The molecule has 102 valence electrons. The summed E-state index contributed by atoms with van der Waals surface area (Å²) in [4.78, 5) is 0. The first kappa shape index (κ1) is 13.8. The van der Waals surface area contributed by atoms with Crippen LogP contribution in [0.25, 0.3) is 11.1 Å². The molecule has 1 unspecified atom stereocenters. The lowest BCUT2D eigenvalue weighted by molar-refractivity contribution is 0.571. The molecule has 1 N–H and O–H groups in total. The van der Waals surface area contributed by atoms with Crippen LogP contribution >= 0.6 is 0 Å². The van der Waals surface area contributed by atoms with Crippen LogP contribution in [-0.4, -0.2) is 16.3 Å². The number of nitrogens with zero attached hydrogens (tertiary/aromatic N) is 2. The summed E-state index contributed by atoms with van der Waals surface area (Å²) in [5, 5.41) is 7.84. The lowest BCUT2D eigenvalue weighted by Crippen LogP contribution is -2.19. The zero-order valence-corrected chi connectivity index (χ0v) is 12.3. The Morgan fingerprint density at radius 1 is 1.37 bits per heavy atom. The molecule has 2 aromatic rings. The summed E-state index contributed by atoms with van der Waals surface area (Å²) in [6.45, 7) is 7.56. The third-order valence-electron chi connectivity index (χ3n) is 3.63. The predicted molar refractivity (Wildman–Crippen MR) is 80.1 cm³/mol. The molecule has 3 heteroatoms. The molecule has 3 nitrogen and oxygen atoms in total. The van der Waals surface area contributed by atoms with E-state index in [9.17, 15) is 0 Å². The minimum Gasteiger partial charge on any atom is -0.310 e. The van der Waals surface area contributed by atoms with E-state index in [1.807, 2.05) is 17.9 Å². The van der Waals surface area contributed by atoms with Gasteiger partial charge in [-0.05, 0) is 44.0 Å². The number of hydrogen-bond donors (Lipinski definition) is 1. The van der Waals surface area contributed by atoms with Crippen LogP contribution in [0.1, 0.15) is 37.6 Å². The zero-order valence-electron chi connectivity index (χ0n) is 12.3. The predicted octanol–water partition coefficient (Wildman–Crippen LogP) is 3.46. The Balaban J connectivity index is 2.26. The van der Waals surface area contributed by atoms with E-state index in [-0.39, 0.29) is 0 Å². The molecule has 0 fully saturated rings. The van der Waals surface area contributed by atoms with Gasteiger partial charge in [-0.1, -0.05) is 25.1 Å². The van der Waals surface area contributed by atoms with Gasteiger partial charge in [0.15, 0.2) is 0 Å². The molecule has 0 amide bonds. The van der Waals surface area contributed by atoms with Crippen LogP contribution in [0.2, 0.25) is 0 Å². The van der Waals surface area contributed by atoms with Gasteiger partial charge >= 0.3 is 0 Å². The minimum atomic E-state index is 0.386. The summed E-state index contributed by atoms with van der Waals surface area (Å²) in [7, 11) is 1.98. The molecule has 1 aromatic carbocycles. The van der Waals surface area contributed by atoms with E-state index in [1.54, 1.807) is 0 Å². The van der Waals surface area contributed by atoms with Crippen LogP contribution in [0.15, 0.2) is 30.5 Å². The summed E-state index contributed by atoms with van der Waals surface area (Å²) in [5.41, 5.74) is 4.99. The number of nitrogens with one attached hydrogen (secondary N) is 1. The SMILES string of the molecule is CCCNC(C)c1cccc(-c2cnn(C)c2C)c1. The number of aromatic nitrogens is 2. The minimum absolute atomic E-state index is 0.386. The van der Waals surface area contributed by atoms with Crippen LogP contribution in [0, 0.1) is 6.92 Å². The normalized spacial score (nSPS) is 12.6. The van der Waals surface area contributed by atoms with Gasteiger partial charge in [0.1, 0.15) is 0 Å². The van der Waals surface area contributed by atoms with Crippen molar-refractivity contribution in [3.05, 3.63) is 41.7 Å². The maximum atomic E-state index is 4.32. The Labute approximate surface area is 115 Å². The van der Waals surface area contributed by atoms with Gasteiger partial charge in [0.25, 0.3) is 0 Å². The Hall–Kier alpha value is -1.61.